The van der Waals surface area contributed by atoms with Crippen molar-refractivity contribution in [1.29, 1.82) is 0 Å². The van der Waals surface area contributed by atoms with E-state index in [1.165, 1.54) is 21.3 Å². The van der Waals surface area contributed by atoms with Crippen molar-refractivity contribution in [2.45, 2.75) is 5.97 Å². The second-order valence-electron chi connectivity index (χ2n) is 1.44. The van der Waals surface area contributed by atoms with Crippen LogP contribution in [-0.4, -0.2) is 33.9 Å². The van der Waals surface area contributed by atoms with Crippen molar-refractivity contribution in [2.75, 3.05) is 27.9 Å². The highest BCUT2D eigenvalue weighted by atomic mass is 16.9. The van der Waals surface area contributed by atoms with E-state index in [2.05, 4.69) is 14.2 Å². The van der Waals surface area contributed by atoms with Crippen LogP contribution in [0, 0.1) is 0 Å². The summed E-state index contributed by atoms with van der Waals surface area (Å²) in [7, 11) is 4.06. The highest BCUT2D eigenvalue weighted by molar-refractivity contribution is 4.48. The van der Waals surface area contributed by atoms with E-state index in [-0.39, 0.29) is 0 Å². The van der Waals surface area contributed by atoms with E-state index in [1.807, 2.05) is 0 Å². The zero-order valence-corrected chi connectivity index (χ0v) is 5.84. The second kappa shape index (κ2) is 3.79. The Morgan fingerprint density at radius 2 is 1.44 bits per heavy atom. The molecule has 0 rings (SSSR count). The highest BCUT2D eigenvalue weighted by Crippen LogP contribution is 2.09. The Kier molecular flexibility index (Phi) is 3.72. The van der Waals surface area contributed by atoms with Gasteiger partial charge in [-0.25, -0.2) is 5.11 Å². The molecule has 0 N–H and O–H groups in total. The Morgan fingerprint density at radius 1 is 1.11 bits per heavy atom. The lowest BCUT2D eigenvalue weighted by atomic mass is 10.6. The fraction of sp³-hybridized carbons (Fsp3) is 1.00. The average Bonchev–Trinajstić information content (AvgIpc) is 1.95. The van der Waals surface area contributed by atoms with Crippen LogP contribution in [0.3, 0.4) is 0 Å². The highest BCUT2D eigenvalue weighted by Gasteiger charge is 2.28. The first-order chi connectivity index (χ1) is 4.24. The molecule has 0 aliphatic carbocycles. The van der Waals surface area contributed by atoms with Gasteiger partial charge in [0.15, 0.2) is 6.61 Å². The monoisotopic (exact) mass is 135 g/mol. The van der Waals surface area contributed by atoms with E-state index >= 15 is 0 Å². The summed E-state index contributed by atoms with van der Waals surface area (Å²) < 4.78 is 13.9. The van der Waals surface area contributed by atoms with Gasteiger partial charge in [-0.1, -0.05) is 0 Å². The summed E-state index contributed by atoms with van der Waals surface area (Å²) in [5.74, 6) is -1.39. The fourth-order valence-electron chi connectivity index (χ4n) is 0.427. The molecule has 0 aliphatic rings. The topological polar surface area (TPSA) is 47.6 Å². The molecule has 4 heteroatoms. The molecule has 0 atom stereocenters. The van der Waals surface area contributed by atoms with Gasteiger partial charge in [0.1, 0.15) is 0 Å². The molecule has 0 saturated carbocycles. The van der Waals surface area contributed by atoms with Crippen LogP contribution in [0.5, 0.6) is 0 Å². The molecule has 0 unspecified atom stereocenters. The van der Waals surface area contributed by atoms with Gasteiger partial charge in [0.2, 0.25) is 0 Å². The van der Waals surface area contributed by atoms with Gasteiger partial charge in [0.05, 0.1) is 0 Å². The number of hydrogen-bond acceptors (Lipinski definition) is 3. The van der Waals surface area contributed by atoms with Crippen LogP contribution in [0.1, 0.15) is 0 Å². The number of rotatable bonds is 4. The number of ether oxygens (including phenoxy) is 3. The lowest BCUT2D eigenvalue weighted by Crippen LogP contribution is -2.39. The molecular weight excluding hydrogens is 124 g/mol. The maximum absolute atomic E-state index is 10.3. The first-order valence-electron chi connectivity index (χ1n) is 2.48. The van der Waals surface area contributed by atoms with E-state index < -0.39 is 12.6 Å². The predicted molar refractivity (Wildman–Crippen MR) is 29.3 cm³/mol. The third-order valence-corrected chi connectivity index (χ3v) is 1.11. The SMILES string of the molecule is COC(C[O])(OC)OC. The Bertz CT molecular complexity index is 51.8. The molecule has 9 heavy (non-hydrogen) atoms. The van der Waals surface area contributed by atoms with Crippen LogP contribution in [0.15, 0.2) is 0 Å². The van der Waals surface area contributed by atoms with Gasteiger partial charge in [-0.15, -0.1) is 0 Å². The van der Waals surface area contributed by atoms with Crippen molar-refractivity contribution in [3.05, 3.63) is 0 Å². The lowest BCUT2D eigenvalue weighted by Gasteiger charge is -2.24. The van der Waals surface area contributed by atoms with Crippen LogP contribution >= 0.6 is 0 Å². The van der Waals surface area contributed by atoms with Crippen molar-refractivity contribution < 1.29 is 19.3 Å². The molecule has 0 amide bonds. The van der Waals surface area contributed by atoms with Crippen LogP contribution in [0.2, 0.25) is 0 Å². The first-order valence-corrected chi connectivity index (χ1v) is 2.48. The smallest absolute Gasteiger partial charge is 0.310 e. The molecule has 1 radical (unpaired) electrons. The van der Waals surface area contributed by atoms with Crippen molar-refractivity contribution in [3.8, 4) is 0 Å². The molecular formula is C5H11O4. The van der Waals surface area contributed by atoms with E-state index in [4.69, 9.17) is 0 Å². The van der Waals surface area contributed by atoms with E-state index in [0.717, 1.165) is 0 Å². The standard InChI is InChI=1S/C5H11O4/c1-7-5(4-6,8-2)9-3/h4H2,1-3H3. The second-order valence-corrected chi connectivity index (χ2v) is 1.44. The molecule has 0 aliphatic heterocycles. The van der Waals surface area contributed by atoms with Crippen LogP contribution in [-0.2, 0) is 19.3 Å². The van der Waals surface area contributed by atoms with Gasteiger partial charge in [0, 0.05) is 21.3 Å². The number of methoxy groups -OCH3 is 3. The van der Waals surface area contributed by atoms with Gasteiger partial charge in [-0.05, 0) is 0 Å². The van der Waals surface area contributed by atoms with Crippen LogP contribution < -0.4 is 0 Å². The molecule has 0 fully saturated rings. The Hall–Kier alpha value is -0.160. The van der Waals surface area contributed by atoms with Crippen molar-refractivity contribution in [2.24, 2.45) is 0 Å². The van der Waals surface area contributed by atoms with Crippen LogP contribution in [0.25, 0.3) is 0 Å². The van der Waals surface area contributed by atoms with E-state index in [0.29, 0.717) is 0 Å². The van der Waals surface area contributed by atoms with Gasteiger partial charge in [0.25, 0.3) is 0 Å². The average molecular weight is 135 g/mol. The third-order valence-electron chi connectivity index (χ3n) is 1.11. The summed E-state index contributed by atoms with van der Waals surface area (Å²) in [6.07, 6.45) is 0. The van der Waals surface area contributed by atoms with Crippen LogP contribution in [0.4, 0.5) is 0 Å². The maximum Gasteiger partial charge on any atom is 0.310 e. The van der Waals surface area contributed by atoms with Gasteiger partial charge < -0.3 is 14.2 Å². The zero-order valence-electron chi connectivity index (χ0n) is 5.84. The van der Waals surface area contributed by atoms with Crippen molar-refractivity contribution in [1.82, 2.24) is 0 Å². The Morgan fingerprint density at radius 3 is 1.44 bits per heavy atom. The van der Waals surface area contributed by atoms with E-state index in [1.54, 1.807) is 0 Å². The summed E-state index contributed by atoms with van der Waals surface area (Å²) in [6.45, 7) is -0.573. The summed E-state index contributed by atoms with van der Waals surface area (Å²) in [6, 6.07) is 0. The largest absolute Gasteiger partial charge is 0.329 e. The molecule has 0 heterocycles. The fourth-order valence-corrected chi connectivity index (χ4v) is 0.427. The predicted octanol–water partition coefficient (Wildman–Crippen LogP) is 0.00990. The summed E-state index contributed by atoms with van der Waals surface area (Å²) in [5, 5.41) is 10.3. The summed E-state index contributed by atoms with van der Waals surface area (Å²) >= 11 is 0. The summed E-state index contributed by atoms with van der Waals surface area (Å²) in [5.41, 5.74) is 0. The normalized spacial score (nSPS) is 12.0. The minimum Gasteiger partial charge on any atom is -0.329 e. The zero-order chi connectivity index (χ0) is 7.33. The van der Waals surface area contributed by atoms with Crippen molar-refractivity contribution >= 4 is 0 Å². The van der Waals surface area contributed by atoms with Gasteiger partial charge in [-0.3, -0.25) is 0 Å². The minimum atomic E-state index is -1.39. The molecule has 0 aromatic heterocycles. The Balaban J connectivity index is 3.82. The van der Waals surface area contributed by atoms with Gasteiger partial charge in [-0.2, -0.15) is 0 Å². The lowest BCUT2D eigenvalue weighted by molar-refractivity contribution is -0.369. The Labute approximate surface area is 54.3 Å². The summed E-state index contributed by atoms with van der Waals surface area (Å²) in [4.78, 5) is 0. The maximum atomic E-state index is 10.3. The molecule has 0 aromatic carbocycles. The third kappa shape index (κ3) is 1.91. The minimum absolute atomic E-state index is 0.573. The molecule has 0 bridgehead atoms. The first kappa shape index (κ1) is 8.84. The van der Waals surface area contributed by atoms with E-state index in [9.17, 15) is 5.11 Å². The molecule has 4 nitrogen and oxygen atoms in total. The van der Waals surface area contributed by atoms with Crippen molar-refractivity contribution in [3.63, 3.8) is 0 Å². The quantitative estimate of drug-likeness (QED) is 0.510. The number of hydrogen-bond donors (Lipinski definition) is 0. The molecule has 0 saturated heterocycles. The molecule has 0 spiro atoms. The molecule has 0 aromatic rings. The van der Waals surface area contributed by atoms with Gasteiger partial charge >= 0.3 is 5.97 Å². The molecule has 55 valence electrons.